The average molecular weight is 460 g/mol. The van der Waals surface area contributed by atoms with E-state index in [9.17, 15) is 9.59 Å². The Morgan fingerprint density at radius 1 is 1.06 bits per heavy atom. The van der Waals surface area contributed by atoms with Gasteiger partial charge in [0.05, 0.1) is 11.1 Å². The fourth-order valence-corrected chi connectivity index (χ4v) is 5.20. The van der Waals surface area contributed by atoms with Crippen LogP contribution in [-0.2, 0) is 19.4 Å². The van der Waals surface area contributed by atoms with Crippen molar-refractivity contribution in [2.45, 2.75) is 32.2 Å². The van der Waals surface area contributed by atoms with Crippen molar-refractivity contribution in [1.29, 1.82) is 0 Å². The second kappa shape index (κ2) is 9.29. The molecule has 0 aliphatic heterocycles. The van der Waals surface area contributed by atoms with Gasteiger partial charge >= 0.3 is 0 Å². The first-order valence-electron chi connectivity index (χ1n) is 10.6. The third kappa shape index (κ3) is 4.37. The molecule has 4 aromatic heterocycles. The number of nitrogens with zero attached hydrogens (tertiary/aromatic N) is 5. The zero-order chi connectivity index (χ0) is 22.6. The van der Waals surface area contributed by atoms with E-state index in [4.69, 9.17) is 0 Å². The van der Waals surface area contributed by atoms with Crippen molar-refractivity contribution in [1.82, 2.24) is 30.0 Å². The summed E-state index contributed by atoms with van der Waals surface area (Å²) >= 11 is 1.49. The summed E-state index contributed by atoms with van der Waals surface area (Å²) in [5.41, 5.74) is 2.84. The molecule has 4 heterocycles. The molecule has 0 saturated carbocycles. The highest BCUT2D eigenvalue weighted by Gasteiger charge is 2.26. The highest BCUT2D eigenvalue weighted by atomic mass is 32.1. The molecule has 1 aliphatic carbocycles. The summed E-state index contributed by atoms with van der Waals surface area (Å²) in [5, 5.41) is 10.7. The van der Waals surface area contributed by atoms with E-state index in [0.717, 1.165) is 41.7 Å². The number of pyridine rings is 2. The van der Waals surface area contributed by atoms with Gasteiger partial charge in [0.15, 0.2) is 5.82 Å². The fraction of sp³-hybridized carbons (Fsp3) is 0.217. The van der Waals surface area contributed by atoms with Crippen molar-refractivity contribution in [2.24, 2.45) is 0 Å². The zero-order valence-corrected chi connectivity index (χ0v) is 18.5. The number of aromatic nitrogens is 5. The second-order valence-electron chi connectivity index (χ2n) is 7.62. The smallest absolute Gasteiger partial charge is 0.257 e. The predicted octanol–water partition coefficient (Wildman–Crippen LogP) is 3.18. The second-order valence-corrected chi connectivity index (χ2v) is 8.72. The number of amides is 2. The Labute approximate surface area is 193 Å². The normalized spacial score (nSPS) is 12.7. The van der Waals surface area contributed by atoms with Gasteiger partial charge in [0.25, 0.3) is 11.8 Å². The molecule has 2 N–H and O–H groups in total. The van der Waals surface area contributed by atoms with Crippen molar-refractivity contribution in [3.8, 4) is 5.82 Å². The fourth-order valence-electron chi connectivity index (χ4n) is 3.92. The van der Waals surface area contributed by atoms with Crippen LogP contribution in [0.5, 0.6) is 0 Å². The predicted molar refractivity (Wildman–Crippen MR) is 123 cm³/mol. The average Bonchev–Trinajstić information content (AvgIpc) is 3.51. The molecule has 0 spiro atoms. The van der Waals surface area contributed by atoms with Crippen molar-refractivity contribution < 1.29 is 9.59 Å². The van der Waals surface area contributed by atoms with Crippen LogP contribution in [0.4, 0.5) is 5.00 Å². The van der Waals surface area contributed by atoms with Crippen LogP contribution >= 0.6 is 11.3 Å². The molecule has 1 aliphatic rings. The molecule has 0 bridgehead atoms. The Morgan fingerprint density at radius 3 is 2.76 bits per heavy atom. The lowest BCUT2D eigenvalue weighted by atomic mass is 9.95. The van der Waals surface area contributed by atoms with Gasteiger partial charge in [-0.1, -0.05) is 6.07 Å². The van der Waals surface area contributed by atoms with E-state index in [1.807, 2.05) is 12.1 Å². The summed E-state index contributed by atoms with van der Waals surface area (Å²) < 4.78 is 1.56. The Kier molecular flexibility index (Phi) is 5.90. The number of aryl methyl sites for hydroxylation is 1. The molecule has 0 fully saturated rings. The molecule has 166 valence electrons. The summed E-state index contributed by atoms with van der Waals surface area (Å²) in [5.74, 6) is 0.105. The summed E-state index contributed by atoms with van der Waals surface area (Å²) in [7, 11) is 0. The first-order chi connectivity index (χ1) is 16.2. The van der Waals surface area contributed by atoms with Crippen LogP contribution in [0.15, 0.2) is 55.5 Å². The van der Waals surface area contributed by atoms with Gasteiger partial charge in [-0.25, -0.2) is 14.6 Å². The number of thiophene rings is 1. The Balaban J connectivity index is 1.40. The van der Waals surface area contributed by atoms with Crippen molar-refractivity contribution in [2.75, 3.05) is 5.32 Å². The molecule has 2 amide bonds. The lowest BCUT2D eigenvalue weighted by Crippen LogP contribution is -2.26. The molecular weight excluding hydrogens is 438 g/mol. The topological polar surface area (TPSA) is 115 Å². The van der Waals surface area contributed by atoms with E-state index >= 15 is 0 Å². The lowest BCUT2D eigenvalue weighted by Gasteiger charge is -2.14. The maximum absolute atomic E-state index is 13.4. The number of hydrogen-bond donors (Lipinski definition) is 2. The molecule has 0 unspecified atom stereocenters. The van der Waals surface area contributed by atoms with Gasteiger partial charge in [-0.05, 0) is 49.4 Å². The zero-order valence-electron chi connectivity index (χ0n) is 17.7. The number of fused-ring (bicyclic) bond motifs is 1. The van der Waals surface area contributed by atoms with E-state index in [0.29, 0.717) is 21.9 Å². The molecule has 4 aromatic rings. The van der Waals surface area contributed by atoms with Gasteiger partial charge in [0, 0.05) is 35.6 Å². The summed E-state index contributed by atoms with van der Waals surface area (Å²) in [6.45, 7) is 0.266. The third-order valence-electron chi connectivity index (χ3n) is 5.49. The van der Waals surface area contributed by atoms with E-state index in [1.54, 1.807) is 35.5 Å². The third-order valence-corrected chi connectivity index (χ3v) is 6.70. The summed E-state index contributed by atoms with van der Waals surface area (Å²) in [6.07, 6.45) is 11.7. The Bertz CT molecular complexity index is 1290. The van der Waals surface area contributed by atoms with Gasteiger partial charge in [-0.15, -0.1) is 11.3 Å². The monoisotopic (exact) mass is 459 g/mol. The maximum Gasteiger partial charge on any atom is 0.257 e. The van der Waals surface area contributed by atoms with E-state index in [-0.39, 0.29) is 18.4 Å². The molecule has 0 radical (unpaired) electrons. The van der Waals surface area contributed by atoms with Crippen LogP contribution < -0.4 is 10.6 Å². The molecule has 0 aromatic carbocycles. The number of nitrogens with one attached hydrogen (secondary N) is 2. The van der Waals surface area contributed by atoms with Gasteiger partial charge in [0.2, 0.25) is 0 Å². The highest BCUT2D eigenvalue weighted by molar-refractivity contribution is 7.17. The molecule has 5 rings (SSSR count). The van der Waals surface area contributed by atoms with Crippen molar-refractivity contribution in [3.63, 3.8) is 0 Å². The van der Waals surface area contributed by atoms with Crippen molar-refractivity contribution >= 4 is 28.2 Å². The minimum Gasteiger partial charge on any atom is -0.348 e. The number of hydrogen-bond acceptors (Lipinski definition) is 7. The van der Waals surface area contributed by atoms with E-state index in [1.165, 1.54) is 23.9 Å². The van der Waals surface area contributed by atoms with Crippen LogP contribution in [0.3, 0.4) is 0 Å². The van der Waals surface area contributed by atoms with E-state index in [2.05, 4.69) is 30.7 Å². The largest absolute Gasteiger partial charge is 0.348 e. The van der Waals surface area contributed by atoms with Gasteiger partial charge in [-0.2, -0.15) is 5.10 Å². The molecule has 0 saturated heterocycles. The van der Waals surface area contributed by atoms with Crippen molar-refractivity contribution in [3.05, 3.63) is 82.6 Å². The first kappa shape index (κ1) is 21.0. The quantitative estimate of drug-likeness (QED) is 0.458. The Morgan fingerprint density at radius 2 is 1.94 bits per heavy atom. The minimum atomic E-state index is -0.281. The van der Waals surface area contributed by atoms with Gasteiger partial charge in [0.1, 0.15) is 17.7 Å². The van der Waals surface area contributed by atoms with Crippen LogP contribution in [0.25, 0.3) is 5.82 Å². The van der Waals surface area contributed by atoms with Gasteiger partial charge in [-0.3, -0.25) is 14.6 Å². The summed E-state index contributed by atoms with van der Waals surface area (Å²) in [4.78, 5) is 39.6. The number of carbonyl (C=O) groups is 2. The van der Waals surface area contributed by atoms with E-state index < -0.39 is 0 Å². The lowest BCUT2D eigenvalue weighted by molar-refractivity contribution is 0.0951. The van der Waals surface area contributed by atoms with Crippen LogP contribution in [-0.4, -0.2) is 36.5 Å². The first-order valence-corrected chi connectivity index (χ1v) is 11.5. The summed E-state index contributed by atoms with van der Waals surface area (Å²) in [6, 6.07) is 7.11. The SMILES string of the molecule is O=C(Nc1sc2c(c1C(=O)NCc1cccnc1-n1cncn1)CCCC2)c1cccnc1. The van der Waals surface area contributed by atoms with Crippen LogP contribution in [0.1, 0.15) is 49.6 Å². The standard InChI is InChI=1S/C23H21N7O2S/c31-21(16-6-3-9-24-11-16)29-23-19(17-7-1-2-8-18(17)33-23)22(32)27-12-15-5-4-10-26-20(15)30-14-25-13-28-30/h3-6,9-11,13-14H,1-2,7-8,12H2,(H,27,32)(H,29,31). The molecular formula is C23H21N7O2S. The van der Waals surface area contributed by atoms with Crippen LogP contribution in [0.2, 0.25) is 0 Å². The highest BCUT2D eigenvalue weighted by Crippen LogP contribution is 2.38. The number of anilines is 1. The molecule has 33 heavy (non-hydrogen) atoms. The molecule has 0 atom stereocenters. The Hall–Kier alpha value is -3.92. The molecule has 10 heteroatoms. The van der Waals surface area contributed by atoms with Gasteiger partial charge < -0.3 is 10.6 Å². The maximum atomic E-state index is 13.4. The van der Waals surface area contributed by atoms with Crippen LogP contribution in [0, 0.1) is 0 Å². The minimum absolute atomic E-state index is 0.218. The molecule has 9 nitrogen and oxygen atoms in total. The number of carbonyl (C=O) groups excluding carboxylic acids is 2. The number of rotatable bonds is 6.